The van der Waals surface area contributed by atoms with E-state index in [0.29, 0.717) is 18.0 Å². The summed E-state index contributed by atoms with van der Waals surface area (Å²) in [7, 11) is 0. The summed E-state index contributed by atoms with van der Waals surface area (Å²) in [6.07, 6.45) is 5.77. The highest BCUT2D eigenvalue weighted by Gasteiger charge is 2.40. The molecule has 2 nitrogen and oxygen atoms in total. The van der Waals surface area contributed by atoms with Crippen molar-refractivity contribution in [3.63, 3.8) is 0 Å². The van der Waals surface area contributed by atoms with Gasteiger partial charge >= 0.3 is 0 Å². The number of hydrogen-bond acceptors (Lipinski definition) is 1. The Hall–Kier alpha value is -1.38. The minimum Gasteiger partial charge on any atom is -0.326 e. The molecule has 3 heteroatoms. The van der Waals surface area contributed by atoms with Crippen LogP contribution < -0.4 is 5.32 Å². The fraction of sp³-hybridized carbons (Fsp3) is 0.562. The van der Waals surface area contributed by atoms with Crippen molar-refractivity contribution in [3.8, 4) is 0 Å². The number of carbonyl (C=O) groups excluding carboxylic acids is 1. The van der Waals surface area contributed by atoms with Crippen molar-refractivity contribution in [2.24, 2.45) is 17.8 Å². The van der Waals surface area contributed by atoms with Gasteiger partial charge in [-0.05, 0) is 61.6 Å². The molecule has 102 valence electrons. The fourth-order valence-corrected chi connectivity index (χ4v) is 3.79. The van der Waals surface area contributed by atoms with Crippen LogP contribution in [0.2, 0.25) is 0 Å². The van der Waals surface area contributed by atoms with Gasteiger partial charge in [0, 0.05) is 12.1 Å². The molecule has 3 unspecified atom stereocenters. The van der Waals surface area contributed by atoms with Crippen molar-refractivity contribution >= 4 is 11.6 Å². The summed E-state index contributed by atoms with van der Waals surface area (Å²) in [4.78, 5) is 12.1. The molecule has 0 spiro atoms. The smallest absolute Gasteiger partial charge is 0.224 e. The van der Waals surface area contributed by atoms with Crippen molar-refractivity contribution in [2.45, 2.75) is 39.0 Å². The summed E-state index contributed by atoms with van der Waals surface area (Å²) < 4.78 is 13.2. The second kappa shape index (κ2) is 4.95. The molecule has 2 saturated carbocycles. The number of rotatable bonds is 3. The molecule has 2 fully saturated rings. The van der Waals surface area contributed by atoms with Gasteiger partial charge in [-0.2, -0.15) is 0 Å². The van der Waals surface area contributed by atoms with Crippen LogP contribution in [0.4, 0.5) is 10.1 Å². The van der Waals surface area contributed by atoms with Gasteiger partial charge in [-0.15, -0.1) is 0 Å². The van der Waals surface area contributed by atoms with Gasteiger partial charge in [0.25, 0.3) is 0 Å². The zero-order valence-electron chi connectivity index (χ0n) is 11.3. The second-order valence-corrected chi connectivity index (χ2v) is 6.15. The third-order valence-electron chi connectivity index (χ3n) is 4.81. The van der Waals surface area contributed by atoms with E-state index in [4.69, 9.17) is 0 Å². The number of fused-ring (bicyclic) bond motifs is 2. The molecule has 1 N–H and O–H groups in total. The number of halogens is 1. The summed E-state index contributed by atoms with van der Waals surface area (Å²) in [5, 5.41) is 2.86. The van der Waals surface area contributed by atoms with Crippen molar-refractivity contribution in [1.29, 1.82) is 0 Å². The number of nitrogens with one attached hydrogen (secondary N) is 1. The largest absolute Gasteiger partial charge is 0.326 e. The number of aryl methyl sites for hydroxylation is 1. The van der Waals surface area contributed by atoms with E-state index in [2.05, 4.69) is 5.32 Å². The maximum Gasteiger partial charge on any atom is 0.224 e. The Kier molecular flexibility index (Phi) is 3.29. The van der Waals surface area contributed by atoms with Crippen LogP contribution in [0.1, 0.15) is 37.7 Å². The predicted octanol–water partition coefficient (Wildman–Crippen LogP) is 3.90. The zero-order chi connectivity index (χ0) is 13.4. The summed E-state index contributed by atoms with van der Waals surface area (Å²) >= 11 is 0. The molecular formula is C16H20FNO. The zero-order valence-corrected chi connectivity index (χ0v) is 11.3. The third-order valence-corrected chi connectivity index (χ3v) is 4.81. The topological polar surface area (TPSA) is 29.1 Å². The monoisotopic (exact) mass is 261 g/mol. The predicted molar refractivity (Wildman–Crippen MR) is 73.3 cm³/mol. The van der Waals surface area contributed by atoms with Crippen LogP contribution >= 0.6 is 0 Å². The first-order chi connectivity index (χ1) is 9.11. The minimum absolute atomic E-state index is 0.0336. The Morgan fingerprint density at radius 2 is 2.21 bits per heavy atom. The van der Waals surface area contributed by atoms with E-state index in [1.165, 1.54) is 37.8 Å². The lowest BCUT2D eigenvalue weighted by atomic mass is 9.86. The van der Waals surface area contributed by atoms with Crippen molar-refractivity contribution in [2.75, 3.05) is 5.32 Å². The number of benzene rings is 1. The van der Waals surface area contributed by atoms with Crippen LogP contribution in [0.3, 0.4) is 0 Å². The molecule has 0 aromatic heterocycles. The lowest BCUT2D eigenvalue weighted by Gasteiger charge is -2.21. The van der Waals surface area contributed by atoms with Crippen LogP contribution in [0.5, 0.6) is 0 Å². The van der Waals surface area contributed by atoms with E-state index in [9.17, 15) is 9.18 Å². The Morgan fingerprint density at radius 3 is 2.89 bits per heavy atom. The highest BCUT2D eigenvalue weighted by Crippen LogP contribution is 2.49. The van der Waals surface area contributed by atoms with Crippen LogP contribution in [0.25, 0.3) is 0 Å². The molecule has 19 heavy (non-hydrogen) atoms. The highest BCUT2D eigenvalue weighted by molar-refractivity contribution is 5.91. The van der Waals surface area contributed by atoms with Crippen LogP contribution in [-0.2, 0) is 4.79 Å². The van der Waals surface area contributed by atoms with Crippen molar-refractivity contribution in [1.82, 2.24) is 0 Å². The molecule has 1 amide bonds. The molecule has 2 aliphatic carbocycles. The molecule has 0 saturated heterocycles. The Morgan fingerprint density at radius 1 is 1.37 bits per heavy atom. The number of amides is 1. The first-order valence-electron chi connectivity index (χ1n) is 7.18. The molecule has 0 aliphatic heterocycles. The maximum atomic E-state index is 13.2. The van der Waals surface area contributed by atoms with Crippen molar-refractivity contribution in [3.05, 3.63) is 29.6 Å². The Balaban J connectivity index is 1.61. The molecule has 1 aromatic carbocycles. The van der Waals surface area contributed by atoms with E-state index in [-0.39, 0.29) is 11.7 Å². The first-order valence-corrected chi connectivity index (χ1v) is 7.18. The summed E-state index contributed by atoms with van der Waals surface area (Å²) in [6.45, 7) is 1.88. The maximum absolute atomic E-state index is 13.2. The van der Waals surface area contributed by atoms with E-state index in [1.807, 2.05) is 6.92 Å². The molecule has 1 aromatic rings. The minimum atomic E-state index is -0.305. The Bertz CT molecular complexity index is 500. The van der Waals surface area contributed by atoms with Gasteiger partial charge in [-0.25, -0.2) is 4.39 Å². The quantitative estimate of drug-likeness (QED) is 0.878. The van der Waals surface area contributed by atoms with E-state index >= 15 is 0 Å². The number of anilines is 1. The molecule has 2 aliphatic rings. The van der Waals surface area contributed by atoms with E-state index in [0.717, 1.165) is 17.4 Å². The molecule has 2 bridgehead atoms. The van der Waals surface area contributed by atoms with Gasteiger partial charge in [0.1, 0.15) is 5.82 Å². The molecular weight excluding hydrogens is 241 g/mol. The summed E-state index contributed by atoms with van der Waals surface area (Å²) in [6, 6.07) is 4.51. The van der Waals surface area contributed by atoms with Gasteiger partial charge in [0.2, 0.25) is 5.91 Å². The van der Waals surface area contributed by atoms with Crippen molar-refractivity contribution < 1.29 is 9.18 Å². The normalized spacial score (nSPS) is 28.6. The third kappa shape index (κ3) is 2.65. The van der Waals surface area contributed by atoms with Gasteiger partial charge in [0.15, 0.2) is 0 Å². The highest BCUT2D eigenvalue weighted by atomic mass is 19.1. The molecule has 0 heterocycles. The van der Waals surface area contributed by atoms with Gasteiger partial charge in [0.05, 0.1) is 0 Å². The van der Waals surface area contributed by atoms with Gasteiger partial charge < -0.3 is 5.32 Å². The van der Waals surface area contributed by atoms with Gasteiger partial charge in [-0.1, -0.05) is 12.5 Å². The first kappa shape index (κ1) is 12.6. The van der Waals surface area contributed by atoms with Gasteiger partial charge in [-0.3, -0.25) is 4.79 Å². The average Bonchev–Trinajstić information content (AvgIpc) is 2.96. The lowest BCUT2D eigenvalue weighted by Crippen LogP contribution is -2.20. The SMILES string of the molecule is Cc1ccc(F)cc1NC(=O)CC1CC2CCC1C2. The fourth-order valence-electron chi connectivity index (χ4n) is 3.79. The van der Waals surface area contributed by atoms with E-state index < -0.39 is 0 Å². The van der Waals surface area contributed by atoms with Crippen LogP contribution in [-0.4, -0.2) is 5.91 Å². The average molecular weight is 261 g/mol. The van der Waals surface area contributed by atoms with Crippen LogP contribution in [0.15, 0.2) is 18.2 Å². The second-order valence-electron chi connectivity index (χ2n) is 6.15. The van der Waals surface area contributed by atoms with E-state index in [1.54, 1.807) is 6.07 Å². The standard InChI is InChI=1S/C16H20FNO/c1-10-2-5-14(17)9-15(10)18-16(19)8-13-7-11-3-4-12(13)6-11/h2,5,9,11-13H,3-4,6-8H2,1H3,(H,18,19). The summed E-state index contributed by atoms with van der Waals surface area (Å²) in [5.41, 5.74) is 1.51. The molecule has 0 radical (unpaired) electrons. The molecule has 3 rings (SSSR count). The van der Waals surface area contributed by atoms with Crippen LogP contribution in [0, 0.1) is 30.5 Å². The summed E-state index contributed by atoms with van der Waals surface area (Å²) in [5.74, 6) is 1.89. The Labute approximate surface area is 113 Å². The molecule has 3 atom stereocenters. The lowest BCUT2D eigenvalue weighted by molar-refractivity contribution is -0.117. The number of hydrogen-bond donors (Lipinski definition) is 1. The number of carbonyl (C=O) groups is 1.